The van der Waals surface area contributed by atoms with Crippen molar-refractivity contribution in [3.8, 4) is 5.75 Å². The van der Waals surface area contributed by atoms with E-state index in [0.717, 1.165) is 10.2 Å². The van der Waals surface area contributed by atoms with Crippen molar-refractivity contribution in [3.05, 3.63) is 28.8 Å². The molecule has 0 saturated carbocycles. The number of rotatable bonds is 2. The Kier molecular flexibility index (Phi) is 3.38. The van der Waals surface area contributed by atoms with Gasteiger partial charge in [0.2, 0.25) is 0 Å². The lowest BCUT2D eigenvalue weighted by atomic mass is 10.1. The van der Waals surface area contributed by atoms with Crippen LogP contribution in [0, 0.1) is 13.8 Å². The minimum absolute atomic E-state index is 1.02. The average Bonchev–Trinajstić information content (AvgIpc) is 2.03. The zero-order chi connectivity index (χ0) is 9.14. The number of methoxy groups -OCH3 is 1. The van der Waals surface area contributed by atoms with Crippen molar-refractivity contribution < 1.29 is 4.74 Å². The molecule has 1 aromatic rings. The summed E-state index contributed by atoms with van der Waals surface area (Å²) in [4.78, 5) is 0. The molecular weight excluding hydrogens is 263 g/mol. The summed E-state index contributed by atoms with van der Waals surface area (Å²) in [5.41, 5.74) is 3.82. The van der Waals surface area contributed by atoms with E-state index < -0.39 is 0 Å². The van der Waals surface area contributed by atoms with Crippen LogP contribution in [0.25, 0.3) is 0 Å². The van der Waals surface area contributed by atoms with Crippen molar-refractivity contribution in [2.24, 2.45) is 0 Å². The van der Waals surface area contributed by atoms with Crippen LogP contribution in [0.15, 0.2) is 12.1 Å². The van der Waals surface area contributed by atoms with Gasteiger partial charge in [0.05, 0.1) is 7.11 Å². The van der Waals surface area contributed by atoms with Crippen molar-refractivity contribution in [3.63, 3.8) is 0 Å². The second-order valence-electron chi connectivity index (χ2n) is 2.90. The molecule has 0 aliphatic heterocycles. The molecular formula is C10H13IO. The smallest absolute Gasteiger partial charge is 0.124 e. The molecule has 1 aromatic carbocycles. The van der Waals surface area contributed by atoms with Gasteiger partial charge in [0.25, 0.3) is 0 Å². The van der Waals surface area contributed by atoms with E-state index in [0.29, 0.717) is 0 Å². The molecule has 0 aliphatic rings. The Morgan fingerprint density at radius 2 is 1.75 bits per heavy atom. The third-order valence-electron chi connectivity index (χ3n) is 1.88. The van der Waals surface area contributed by atoms with Gasteiger partial charge in [0, 0.05) is 4.43 Å². The third-order valence-corrected chi connectivity index (χ3v) is 2.76. The second-order valence-corrected chi connectivity index (χ2v) is 3.66. The van der Waals surface area contributed by atoms with E-state index in [1.165, 1.54) is 16.7 Å². The third kappa shape index (κ3) is 1.91. The zero-order valence-electron chi connectivity index (χ0n) is 7.65. The van der Waals surface area contributed by atoms with Crippen LogP contribution in [0.5, 0.6) is 5.75 Å². The molecule has 0 spiro atoms. The summed E-state index contributed by atoms with van der Waals surface area (Å²) in [7, 11) is 1.72. The lowest BCUT2D eigenvalue weighted by Gasteiger charge is -2.09. The van der Waals surface area contributed by atoms with E-state index in [4.69, 9.17) is 4.74 Å². The number of alkyl halides is 1. The minimum Gasteiger partial charge on any atom is -0.496 e. The molecule has 0 N–H and O–H groups in total. The highest BCUT2D eigenvalue weighted by Crippen LogP contribution is 2.25. The van der Waals surface area contributed by atoms with Crippen LogP contribution in [-0.4, -0.2) is 7.11 Å². The van der Waals surface area contributed by atoms with E-state index in [-0.39, 0.29) is 0 Å². The van der Waals surface area contributed by atoms with Crippen LogP contribution in [-0.2, 0) is 4.43 Å². The molecule has 0 bridgehead atoms. The van der Waals surface area contributed by atoms with Gasteiger partial charge >= 0.3 is 0 Å². The Morgan fingerprint density at radius 3 is 2.08 bits per heavy atom. The SMILES string of the molecule is COc1c(C)cc(CI)cc1C. The molecule has 0 aliphatic carbocycles. The predicted octanol–water partition coefficient (Wildman–Crippen LogP) is 3.25. The fourth-order valence-corrected chi connectivity index (χ4v) is 1.88. The second kappa shape index (κ2) is 4.12. The lowest BCUT2D eigenvalue weighted by Crippen LogP contribution is -1.92. The van der Waals surface area contributed by atoms with Crippen LogP contribution in [0.2, 0.25) is 0 Å². The molecule has 0 radical (unpaired) electrons. The number of hydrogen-bond acceptors (Lipinski definition) is 1. The molecule has 2 heteroatoms. The molecule has 0 saturated heterocycles. The molecule has 1 nitrogen and oxygen atoms in total. The van der Waals surface area contributed by atoms with Crippen molar-refractivity contribution in [2.75, 3.05) is 7.11 Å². The Labute approximate surface area is 87.3 Å². The topological polar surface area (TPSA) is 9.23 Å². The van der Waals surface area contributed by atoms with E-state index in [1.807, 2.05) is 0 Å². The summed E-state index contributed by atoms with van der Waals surface area (Å²) in [6.45, 7) is 4.17. The summed E-state index contributed by atoms with van der Waals surface area (Å²) in [5, 5.41) is 0. The highest BCUT2D eigenvalue weighted by molar-refractivity contribution is 14.1. The number of benzene rings is 1. The summed E-state index contributed by atoms with van der Waals surface area (Å²) in [5.74, 6) is 1.02. The predicted molar refractivity (Wildman–Crippen MR) is 60.2 cm³/mol. The van der Waals surface area contributed by atoms with Crippen molar-refractivity contribution >= 4 is 22.6 Å². The van der Waals surface area contributed by atoms with Crippen LogP contribution in [0.3, 0.4) is 0 Å². The Hall–Kier alpha value is -0.250. The number of aryl methyl sites for hydroxylation is 2. The maximum atomic E-state index is 5.27. The van der Waals surface area contributed by atoms with E-state index >= 15 is 0 Å². The van der Waals surface area contributed by atoms with E-state index in [9.17, 15) is 0 Å². The first-order chi connectivity index (χ1) is 5.69. The molecule has 66 valence electrons. The molecule has 12 heavy (non-hydrogen) atoms. The van der Waals surface area contributed by atoms with Gasteiger partial charge in [0.15, 0.2) is 0 Å². The number of hydrogen-bond donors (Lipinski definition) is 0. The zero-order valence-corrected chi connectivity index (χ0v) is 9.81. The van der Waals surface area contributed by atoms with Gasteiger partial charge in [0.1, 0.15) is 5.75 Å². The maximum absolute atomic E-state index is 5.27. The minimum atomic E-state index is 1.02. The Balaban J connectivity index is 3.18. The van der Waals surface area contributed by atoms with Gasteiger partial charge in [-0.2, -0.15) is 0 Å². The summed E-state index contributed by atoms with van der Waals surface area (Å²) in [6, 6.07) is 4.36. The lowest BCUT2D eigenvalue weighted by molar-refractivity contribution is 0.408. The first kappa shape index (κ1) is 9.84. The highest BCUT2D eigenvalue weighted by atomic mass is 127. The molecule has 0 unspecified atom stereocenters. The Bertz CT molecular complexity index is 258. The fraction of sp³-hybridized carbons (Fsp3) is 0.400. The largest absolute Gasteiger partial charge is 0.496 e. The standard InChI is InChI=1S/C10H13IO/c1-7-4-9(6-11)5-8(2)10(7)12-3/h4-5H,6H2,1-3H3. The van der Waals surface area contributed by atoms with Gasteiger partial charge in [-0.15, -0.1) is 0 Å². The normalized spacial score (nSPS) is 10.0. The maximum Gasteiger partial charge on any atom is 0.124 e. The molecule has 0 heterocycles. The molecule has 0 atom stereocenters. The van der Waals surface area contributed by atoms with Gasteiger partial charge in [-0.05, 0) is 30.5 Å². The van der Waals surface area contributed by atoms with Crippen LogP contribution in [0.1, 0.15) is 16.7 Å². The summed E-state index contributed by atoms with van der Waals surface area (Å²) in [6.07, 6.45) is 0. The fourth-order valence-electron chi connectivity index (χ4n) is 1.44. The first-order valence-electron chi connectivity index (χ1n) is 3.89. The average molecular weight is 276 g/mol. The quantitative estimate of drug-likeness (QED) is 0.595. The van der Waals surface area contributed by atoms with Crippen molar-refractivity contribution in [1.82, 2.24) is 0 Å². The summed E-state index contributed by atoms with van der Waals surface area (Å²) >= 11 is 2.37. The van der Waals surface area contributed by atoms with E-state index in [1.54, 1.807) is 7.11 Å². The number of halogens is 1. The molecule has 0 fully saturated rings. The van der Waals surface area contributed by atoms with Gasteiger partial charge < -0.3 is 4.74 Å². The molecule has 0 amide bonds. The highest BCUT2D eigenvalue weighted by Gasteiger charge is 2.03. The van der Waals surface area contributed by atoms with Crippen LogP contribution >= 0.6 is 22.6 Å². The van der Waals surface area contributed by atoms with Crippen LogP contribution < -0.4 is 4.74 Å². The van der Waals surface area contributed by atoms with Crippen LogP contribution in [0.4, 0.5) is 0 Å². The Morgan fingerprint density at radius 1 is 1.25 bits per heavy atom. The van der Waals surface area contributed by atoms with E-state index in [2.05, 4.69) is 48.6 Å². The molecule has 1 rings (SSSR count). The van der Waals surface area contributed by atoms with Gasteiger partial charge in [-0.1, -0.05) is 34.7 Å². The van der Waals surface area contributed by atoms with Gasteiger partial charge in [-0.25, -0.2) is 0 Å². The first-order valence-corrected chi connectivity index (χ1v) is 5.41. The van der Waals surface area contributed by atoms with Crippen molar-refractivity contribution in [1.29, 1.82) is 0 Å². The monoisotopic (exact) mass is 276 g/mol. The summed E-state index contributed by atoms with van der Waals surface area (Å²) < 4.78 is 6.33. The van der Waals surface area contributed by atoms with Gasteiger partial charge in [-0.3, -0.25) is 0 Å². The number of ether oxygens (including phenoxy) is 1. The molecule has 0 aromatic heterocycles. The van der Waals surface area contributed by atoms with Crippen molar-refractivity contribution in [2.45, 2.75) is 18.3 Å².